The highest BCUT2D eigenvalue weighted by Crippen LogP contribution is 2.14. The first kappa shape index (κ1) is 22.2. The van der Waals surface area contributed by atoms with Gasteiger partial charge in [0.2, 0.25) is 15.9 Å². The molecule has 0 aromatic heterocycles. The second-order valence-electron chi connectivity index (χ2n) is 7.50. The van der Waals surface area contributed by atoms with E-state index < -0.39 is 22.1 Å². The maximum absolute atomic E-state index is 12.7. The van der Waals surface area contributed by atoms with Crippen molar-refractivity contribution < 1.29 is 18.0 Å². The molecule has 1 aromatic carbocycles. The van der Waals surface area contributed by atoms with Gasteiger partial charge in [0.1, 0.15) is 6.04 Å². The van der Waals surface area contributed by atoms with Gasteiger partial charge in [0, 0.05) is 25.7 Å². The Hall–Kier alpha value is -2.13. The van der Waals surface area contributed by atoms with E-state index in [9.17, 15) is 18.0 Å². The fourth-order valence-electron chi connectivity index (χ4n) is 3.16. The van der Waals surface area contributed by atoms with Crippen molar-refractivity contribution in [3.8, 4) is 0 Å². The standard InChI is InChI=1S/C19H30N4O4S/c1-14(2)17(22-19(25)20-12-15-8-5-4-6-9-15)18(24)21-16-10-7-11-23(13-16)28(3,26)27/h4-6,8-9,14,16-17H,7,10-13H2,1-3H3,(H,21,24)(H2,20,22,25). The number of piperidine rings is 1. The molecule has 1 fully saturated rings. The highest BCUT2D eigenvalue weighted by atomic mass is 32.2. The first-order valence-electron chi connectivity index (χ1n) is 9.50. The van der Waals surface area contributed by atoms with Crippen molar-refractivity contribution >= 4 is 22.0 Å². The van der Waals surface area contributed by atoms with E-state index >= 15 is 0 Å². The van der Waals surface area contributed by atoms with Crippen LogP contribution in [0.1, 0.15) is 32.3 Å². The Bertz CT molecular complexity index is 767. The Morgan fingerprint density at radius 3 is 2.50 bits per heavy atom. The highest BCUT2D eigenvalue weighted by Gasteiger charge is 2.30. The molecule has 9 heteroatoms. The predicted octanol–water partition coefficient (Wildman–Crippen LogP) is 1.05. The zero-order valence-corrected chi connectivity index (χ0v) is 17.5. The first-order chi connectivity index (χ1) is 13.2. The Labute approximate surface area is 167 Å². The fraction of sp³-hybridized carbons (Fsp3) is 0.579. The van der Waals surface area contributed by atoms with Crippen molar-refractivity contribution in [3.05, 3.63) is 35.9 Å². The molecule has 2 atom stereocenters. The van der Waals surface area contributed by atoms with Crippen LogP contribution in [-0.4, -0.2) is 56.1 Å². The van der Waals surface area contributed by atoms with E-state index in [0.29, 0.717) is 25.9 Å². The van der Waals surface area contributed by atoms with Gasteiger partial charge in [-0.2, -0.15) is 0 Å². The lowest BCUT2D eigenvalue weighted by molar-refractivity contribution is -0.124. The predicted molar refractivity (Wildman–Crippen MR) is 108 cm³/mol. The quantitative estimate of drug-likeness (QED) is 0.624. The number of carbonyl (C=O) groups is 2. The summed E-state index contributed by atoms with van der Waals surface area (Å²) in [4.78, 5) is 24.9. The molecule has 28 heavy (non-hydrogen) atoms. The normalized spacial score (nSPS) is 19.1. The summed E-state index contributed by atoms with van der Waals surface area (Å²) < 4.78 is 24.9. The minimum atomic E-state index is -3.28. The van der Waals surface area contributed by atoms with Gasteiger partial charge in [0.25, 0.3) is 0 Å². The zero-order chi connectivity index (χ0) is 20.7. The average Bonchev–Trinajstić information content (AvgIpc) is 2.64. The summed E-state index contributed by atoms with van der Waals surface area (Å²) in [6.07, 6.45) is 2.57. The topological polar surface area (TPSA) is 108 Å². The summed E-state index contributed by atoms with van der Waals surface area (Å²) in [5.41, 5.74) is 0.964. The van der Waals surface area contributed by atoms with Crippen LogP contribution < -0.4 is 16.0 Å². The van der Waals surface area contributed by atoms with Gasteiger partial charge in [-0.1, -0.05) is 44.2 Å². The molecule has 156 valence electrons. The van der Waals surface area contributed by atoms with Crippen molar-refractivity contribution in [2.24, 2.45) is 5.92 Å². The molecule has 0 saturated carbocycles. The Morgan fingerprint density at radius 2 is 1.89 bits per heavy atom. The van der Waals surface area contributed by atoms with Crippen molar-refractivity contribution in [1.82, 2.24) is 20.3 Å². The van der Waals surface area contributed by atoms with E-state index in [-0.39, 0.29) is 24.4 Å². The summed E-state index contributed by atoms with van der Waals surface area (Å²) >= 11 is 0. The molecular formula is C19H30N4O4S. The van der Waals surface area contributed by atoms with E-state index in [2.05, 4.69) is 16.0 Å². The van der Waals surface area contributed by atoms with Crippen LogP contribution in [0.25, 0.3) is 0 Å². The summed E-state index contributed by atoms with van der Waals surface area (Å²) in [5.74, 6) is -0.415. The molecule has 0 aliphatic carbocycles. The van der Waals surface area contributed by atoms with Gasteiger partial charge >= 0.3 is 6.03 Å². The smallest absolute Gasteiger partial charge is 0.315 e. The monoisotopic (exact) mass is 410 g/mol. The van der Waals surface area contributed by atoms with E-state index in [0.717, 1.165) is 5.56 Å². The number of nitrogens with one attached hydrogen (secondary N) is 3. The van der Waals surface area contributed by atoms with Crippen LogP contribution in [0.5, 0.6) is 0 Å². The maximum Gasteiger partial charge on any atom is 0.315 e. The van der Waals surface area contributed by atoms with Crippen LogP contribution in [0, 0.1) is 5.92 Å². The fourth-order valence-corrected chi connectivity index (χ4v) is 4.07. The van der Waals surface area contributed by atoms with Crippen LogP contribution >= 0.6 is 0 Å². The number of carbonyl (C=O) groups excluding carboxylic acids is 2. The lowest BCUT2D eigenvalue weighted by atomic mass is 10.0. The number of amides is 3. The number of rotatable bonds is 7. The Morgan fingerprint density at radius 1 is 1.21 bits per heavy atom. The summed E-state index contributed by atoms with van der Waals surface area (Å²) in [7, 11) is -3.28. The molecule has 0 bridgehead atoms. The number of nitrogens with zero attached hydrogens (tertiary/aromatic N) is 1. The summed E-state index contributed by atoms with van der Waals surface area (Å²) in [5, 5.41) is 8.37. The second-order valence-corrected chi connectivity index (χ2v) is 9.49. The van der Waals surface area contributed by atoms with Crippen LogP contribution in [0.2, 0.25) is 0 Å². The van der Waals surface area contributed by atoms with Gasteiger partial charge in [0.15, 0.2) is 0 Å². The molecule has 0 spiro atoms. The summed E-state index contributed by atoms with van der Waals surface area (Å²) in [6, 6.07) is 8.12. The van der Waals surface area contributed by atoms with E-state index in [1.54, 1.807) is 0 Å². The molecule has 1 aliphatic heterocycles. The van der Waals surface area contributed by atoms with Gasteiger partial charge in [-0.05, 0) is 24.3 Å². The molecule has 2 rings (SSSR count). The third-order valence-electron chi connectivity index (χ3n) is 4.73. The number of sulfonamides is 1. The lowest BCUT2D eigenvalue weighted by Gasteiger charge is -2.33. The number of hydrogen-bond acceptors (Lipinski definition) is 4. The van der Waals surface area contributed by atoms with Gasteiger partial charge in [0.05, 0.1) is 6.26 Å². The number of urea groups is 1. The van der Waals surface area contributed by atoms with Crippen molar-refractivity contribution in [2.75, 3.05) is 19.3 Å². The van der Waals surface area contributed by atoms with Crippen LogP contribution in [0.15, 0.2) is 30.3 Å². The molecule has 1 saturated heterocycles. The van der Waals surface area contributed by atoms with Crippen molar-refractivity contribution in [1.29, 1.82) is 0 Å². The largest absolute Gasteiger partial charge is 0.350 e. The number of benzene rings is 1. The minimum Gasteiger partial charge on any atom is -0.350 e. The SMILES string of the molecule is CC(C)C(NC(=O)NCc1ccccc1)C(=O)NC1CCCN(S(C)(=O)=O)C1. The van der Waals surface area contributed by atoms with Crippen molar-refractivity contribution in [3.63, 3.8) is 0 Å². The molecule has 2 unspecified atom stereocenters. The minimum absolute atomic E-state index is 0.114. The van der Waals surface area contributed by atoms with Gasteiger partial charge in [-0.25, -0.2) is 17.5 Å². The first-order valence-corrected chi connectivity index (χ1v) is 11.4. The van der Waals surface area contributed by atoms with Gasteiger partial charge in [-0.3, -0.25) is 4.79 Å². The molecular weight excluding hydrogens is 380 g/mol. The zero-order valence-electron chi connectivity index (χ0n) is 16.6. The van der Waals surface area contributed by atoms with E-state index in [1.165, 1.54) is 10.6 Å². The molecule has 1 aliphatic rings. The molecule has 0 radical (unpaired) electrons. The molecule has 3 amide bonds. The number of hydrogen-bond donors (Lipinski definition) is 3. The molecule has 8 nitrogen and oxygen atoms in total. The third-order valence-corrected chi connectivity index (χ3v) is 6.00. The highest BCUT2D eigenvalue weighted by molar-refractivity contribution is 7.88. The Kier molecular flexibility index (Phi) is 7.82. The van der Waals surface area contributed by atoms with Crippen LogP contribution in [-0.2, 0) is 21.4 Å². The van der Waals surface area contributed by atoms with E-state index in [4.69, 9.17) is 0 Å². The summed E-state index contributed by atoms with van der Waals surface area (Å²) in [6.45, 7) is 4.80. The van der Waals surface area contributed by atoms with E-state index in [1.807, 2.05) is 44.2 Å². The maximum atomic E-state index is 12.7. The Balaban J connectivity index is 1.89. The van der Waals surface area contributed by atoms with Crippen molar-refractivity contribution in [2.45, 2.75) is 45.3 Å². The molecule has 3 N–H and O–H groups in total. The lowest BCUT2D eigenvalue weighted by Crippen LogP contribution is -2.57. The van der Waals surface area contributed by atoms with Gasteiger partial charge < -0.3 is 16.0 Å². The third kappa shape index (κ3) is 6.79. The van der Waals surface area contributed by atoms with Crippen LogP contribution in [0.3, 0.4) is 0 Å². The average molecular weight is 411 g/mol. The molecule has 1 aromatic rings. The van der Waals surface area contributed by atoms with Crippen LogP contribution in [0.4, 0.5) is 4.79 Å². The van der Waals surface area contributed by atoms with Gasteiger partial charge in [-0.15, -0.1) is 0 Å². The second kappa shape index (κ2) is 9.88. The molecule has 1 heterocycles.